The number of alkyl halides is 1. The monoisotopic (exact) mass is 277 g/mol. The van der Waals surface area contributed by atoms with Gasteiger partial charge in [0, 0.05) is 11.6 Å². The van der Waals surface area contributed by atoms with Crippen LogP contribution in [0.3, 0.4) is 0 Å². The lowest BCUT2D eigenvalue weighted by Crippen LogP contribution is -2.18. The highest BCUT2D eigenvalue weighted by Crippen LogP contribution is 2.15. The summed E-state index contributed by atoms with van der Waals surface area (Å²) in [6.45, 7) is 0. The normalized spacial score (nSPS) is 12.1. The molecule has 1 rings (SSSR count). The van der Waals surface area contributed by atoms with Crippen LogP contribution >= 0.6 is 27.3 Å². The molecule has 0 aliphatic carbocycles. The van der Waals surface area contributed by atoms with Crippen molar-refractivity contribution in [2.45, 2.75) is 11.2 Å². The minimum Gasteiger partial charge on any atom is -0.469 e. The van der Waals surface area contributed by atoms with E-state index < -0.39 is 10.8 Å². The first-order valence-corrected chi connectivity index (χ1v) is 5.59. The first kappa shape index (κ1) is 11.3. The Morgan fingerprint density at radius 3 is 2.93 bits per heavy atom. The summed E-state index contributed by atoms with van der Waals surface area (Å²) in [4.78, 5) is 25.7. The summed E-state index contributed by atoms with van der Waals surface area (Å²) in [5, 5.41) is 2.11. The van der Waals surface area contributed by atoms with Crippen molar-refractivity contribution in [3.63, 3.8) is 0 Å². The lowest BCUT2D eigenvalue weighted by molar-refractivity contribution is -0.140. The van der Waals surface area contributed by atoms with E-state index in [1.54, 1.807) is 11.6 Å². The average molecular weight is 278 g/mol. The molecule has 0 spiro atoms. The lowest BCUT2D eigenvalue weighted by atomic mass is 10.2. The van der Waals surface area contributed by atoms with Gasteiger partial charge in [0.25, 0.3) is 0 Å². The minimum absolute atomic E-state index is 0.0227. The molecular weight excluding hydrogens is 270 g/mol. The van der Waals surface area contributed by atoms with Gasteiger partial charge in [-0.1, -0.05) is 15.9 Å². The van der Waals surface area contributed by atoms with E-state index in [0.29, 0.717) is 5.01 Å². The molecule has 0 saturated heterocycles. The fourth-order valence-electron chi connectivity index (χ4n) is 0.801. The van der Waals surface area contributed by atoms with Crippen LogP contribution in [-0.2, 0) is 9.53 Å². The molecular formula is C8H8BrNO3S. The van der Waals surface area contributed by atoms with Gasteiger partial charge >= 0.3 is 5.97 Å². The van der Waals surface area contributed by atoms with Gasteiger partial charge in [-0.15, -0.1) is 11.3 Å². The predicted octanol–water partition coefficient (Wildman–Crippen LogP) is 1.65. The number of hydrogen-bond acceptors (Lipinski definition) is 5. The molecule has 14 heavy (non-hydrogen) atoms. The molecule has 0 aromatic carbocycles. The number of carbonyl (C=O) groups excluding carboxylic acids is 2. The number of esters is 1. The molecule has 0 fully saturated rings. The Hall–Kier alpha value is -0.750. The number of carbonyl (C=O) groups is 2. The van der Waals surface area contributed by atoms with Gasteiger partial charge < -0.3 is 4.74 Å². The number of aromatic nitrogens is 1. The van der Waals surface area contributed by atoms with E-state index >= 15 is 0 Å². The van der Waals surface area contributed by atoms with Crippen LogP contribution in [0.15, 0.2) is 11.6 Å². The highest BCUT2D eigenvalue weighted by Gasteiger charge is 2.22. The molecule has 0 saturated carbocycles. The summed E-state index contributed by atoms with van der Waals surface area (Å²) in [6.07, 6.45) is 1.57. The van der Waals surface area contributed by atoms with E-state index in [0.717, 1.165) is 0 Å². The van der Waals surface area contributed by atoms with E-state index in [1.165, 1.54) is 18.4 Å². The zero-order valence-corrected chi connectivity index (χ0v) is 9.80. The molecule has 0 amide bonds. The maximum Gasteiger partial charge on any atom is 0.307 e. The molecule has 76 valence electrons. The molecule has 0 bridgehead atoms. The molecule has 1 aromatic rings. The van der Waals surface area contributed by atoms with E-state index in [-0.39, 0.29) is 12.2 Å². The minimum atomic E-state index is -0.555. The maximum atomic E-state index is 11.6. The summed E-state index contributed by atoms with van der Waals surface area (Å²) in [5.74, 6) is -0.609. The van der Waals surface area contributed by atoms with Crippen LogP contribution in [0, 0.1) is 0 Å². The van der Waals surface area contributed by atoms with E-state index in [2.05, 4.69) is 25.7 Å². The summed E-state index contributed by atoms with van der Waals surface area (Å²) < 4.78 is 4.45. The number of ketones is 1. The summed E-state index contributed by atoms with van der Waals surface area (Å²) in [7, 11) is 1.29. The van der Waals surface area contributed by atoms with Gasteiger partial charge in [0.2, 0.25) is 5.78 Å². The van der Waals surface area contributed by atoms with Crippen molar-refractivity contribution < 1.29 is 14.3 Å². The third-order valence-corrected chi connectivity index (χ3v) is 3.03. The number of rotatable bonds is 4. The van der Waals surface area contributed by atoms with Crippen LogP contribution in [0.25, 0.3) is 0 Å². The Labute approximate surface area is 93.4 Å². The summed E-state index contributed by atoms with van der Waals surface area (Å²) in [5.41, 5.74) is 0. The Morgan fingerprint density at radius 1 is 1.71 bits per heavy atom. The first-order chi connectivity index (χ1) is 6.65. The number of ether oxygens (including phenoxy) is 1. The van der Waals surface area contributed by atoms with Crippen LogP contribution in [0.1, 0.15) is 16.2 Å². The van der Waals surface area contributed by atoms with Crippen molar-refractivity contribution in [3.8, 4) is 0 Å². The van der Waals surface area contributed by atoms with Crippen molar-refractivity contribution in [1.82, 2.24) is 4.98 Å². The number of nitrogens with zero attached hydrogens (tertiary/aromatic N) is 1. The number of methoxy groups -OCH3 is 1. The van der Waals surface area contributed by atoms with Crippen molar-refractivity contribution >= 4 is 39.0 Å². The molecule has 1 heterocycles. The van der Waals surface area contributed by atoms with Gasteiger partial charge in [0.15, 0.2) is 5.01 Å². The SMILES string of the molecule is COC(=O)CC(Br)C(=O)c1nccs1. The van der Waals surface area contributed by atoms with E-state index in [4.69, 9.17) is 0 Å². The smallest absolute Gasteiger partial charge is 0.307 e. The highest BCUT2D eigenvalue weighted by atomic mass is 79.9. The van der Waals surface area contributed by atoms with Crippen LogP contribution in [0.2, 0.25) is 0 Å². The van der Waals surface area contributed by atoms with Gasteiger partial charge in [-0.3, -0.25) is 9.59 Å². The van der Waals surface area contributed by atoms with Crippen LogP contribution in [0.5, 0.6) is 0 Å². The van der Waals surface area contributed by atoms with Crippen molar-refractivity contribution in [2.24, 2.45) is 0 Å². The summed E-state index contributed by atoms with van der Waals surface area (Å²) >= 11 is 4.37. The van der Waals surface area contributed by atoms with Gasteiger partial charge in [-0.2, -0.15) is 0 Å². The van der Waals surface area contributed by atoms with Crippen molar-refractivity contribution in [1.29, 1.82) is 0 Å². The topological polar surface area (TPSA) is 56.3 Å². The Morgan fingerprint density at radius 2 is 2.43 bits per heavy atom. The number of thiazole rings is 1. The Kier molecular flexibility index (Phi) is 4.21. The van der Waals surface area contributed by atoms with Gasteiger partial charge in [-0.05, 0) is 0 Å². The molecule has 1 aromatic heterocycles. The molecule has 0 radical (unpaired) electrons. The van der Waals surface area contributed by atoms with Crippen LogP contribution in [-0.4, -0.2) is 28.7 Å². The number of halogens is 1. The summed E-state index contributed by atoms with van der Waals surface area (Å²) in [6, 6.07) is 0. The molecule has 4 nitrogen and oxygen atoms in total. The van der Waals surface area contributed by atoms with Crippen molar-refractivity contribution in [2.75, 3.05) is 7.11 Å². The second-order valence-corrected chi connectivity index (χ2v) is 4.45. The standard InChI is InChI=1S/C8H8BrNO3S/c1-13-6(11)4-5(9)7(12)8-10-2-3-14-8/h2-3,5H,4H2,1H3. The molecule has 0 aliphatic heterocycles. The largest absolute Gasteiger partial charge is 0.469 e. The molecule has 6 heteroatoms. The highest BCUT2D eigenvalue weighted by molar-refractivity contribution is 9.10. The van der Waals surface area contributed by atoms with Crippen LogP contribution in [0.4, 0.5) is 0 Å². The average Bonchev–Trinajstić information content (AvgIpc) is 2.69. The Bertz CT molecular complexity index is 325. The van der Waals surface area contributed by atoms with E-state index in [9.17, 15) is 9.59 Å². The van der Waals surface area contributed by atoms with Gasteiger partial charge in [0.05, 0.1) is 18.4 Å². The van der Waals surface area contributed by atoms with Crippen LogP contribution < -0.4 is 0 Å². The van der Waals surface area contributed by atoms with E-state index in [1.807, 2.05) is 0 Å². The number of hydrogen-bond donors (Lipinski definition) is 0. The second-order valence-electron chi connectivity index (χ2n) is 2.45. The molecule has 0 N–H and O–H groups in total. The zero-order chi connectivity index (χ0) is 10.6. The Balaban J connectivity index is 2.58. The first-order valence-electron chi connectivity index (χ1n) is 3.79. The third-order valence-electron chi connectivity index (χ3n) is 1.50. The molecule has 0 aliphatic rings. The van der Waals surface area contributed by atoms with Gasteiger partial charge in [-0.25, -0.2) is 4.98 Å². The second kappa shape index (κ2) is 5.21. The quantitative estimate of drug-likeness (QED) is 0.477. The lowest BCUT2D eigenvalue weighted by Gasteiger charge is -2.04. The maximum absolute atomic E-state index is 11.6. The zero-order valence-electron chi connectivity index (χ0n) is 7.40. The molecule has 1 atom stereocenters. The third kappa shape index (κ3) is 2.88. The number of Topliss-reactive ketones (excluding diaryl/α,β-unsaturated/α-hetero) is 1. The fraction of sp³-hybridized carbons (Fsp3) is 0.375. The molecule has 1 unspecified atom stereocenters. The van der Waals surface area contributed by atoms with Gasteiger partial charge in [0.1, 0.15) is 0 Å². The van der Waals surface area contributed by atoms with Crippen molar-refractivity contribution in [3.05, 3.63) is 16.6 Å². The fourth-order valence-corrected chi connectivity index (χ4v) is 2.06. The predicted molar refractivity (Wildman–Crippen MR) is 55.8 cm³/mol.